The summed E-state index contributed by atoms with van der Waals surface area (Å²) in [7, 11) is 1.52. The van der Waals surface area contributed by atoms with Gasteiger partial charge in [0.15, 0.2) is 5.11 Å². The maximum atomic E-state index is 13.1. The average molecular weight is 321 g/mol. The van der Waals surface area contributed by atoms with Crippen LogP contribution < -0.4 is 15.4 Å². The Labute approximate surface area is 131 Å². The SMILES string of the molecule is COc1ccccc1NC(=S)Nc1ccc(F)cc1[N+](=O)[O-]. The number of nitrogens with one attached hydrogen (secondary N) is 2. The van der Waals surface area contributed by atoms with Gasteiger partial charge in [0.1, 0.15) is 17.3 Å². The van der Waals surface area contributed by atoms with Crippen LogP contribution in [0.3, 0.4) is 0 Å². The highest BCUT2D eigenvalue weighted by atomic mass is 32.1. The molecule has 0 unspecified atom stereocenters. The van der Waals surface area contributed by atoms with Crippen LogP contribution >= 0.6 is 12.2 Å². The number of hydrogen-bond donors (Lipinski definition) is 2. The van der Waals surface area contributed by atoms with Crippen molar-refractivity contribution in [3.63, 3.8) is 0 Å². The fourth-order valence-electron chi connectivity index (χ4n) is 1.79. The number of halogens is 1. The fourth-order valence-corrected chi connectivity index (χ4v) is 2.01. The van der Waals surface area contributed by atoms with Gasteiger partial charge in [-0.1, -0.05) is 12.1 Å². The molecule has 0 atom stereocenters. The molecule has 6 nitrogen and oxygen atoms in total. The highest BCUT2D eigenvalue weighted by Gasteiger charge is 2.16. The summed E-state index contributed by atoms with van der Waals surface area (Å²) in [5.74, 6) is -0.124. The zero-order valence-corrected chi connectivity index (χ0v) is 12.3. The molecule has 0 aliphatic heterocycles. The molecular weight excluding hydrogens is 309 g/mol. The molecule has 0 aromatic heterocycles. The van der Waals surface area contributed by atoms with Crippen molar-refractivity contribution >= 4 is 34.4 Å². The van der Waals surface area contributed by atoms with Crippen molar-refractivity contribution in [2.24, 2.45) is 0 Å². The van der Waals surface area contributed by atoms with Crippen LogP contribution in [0.4, 0.5) is 21.5 Å². The first kappa shape index (κ1) is 15.6. The van der Waals surface area contributed by atoms with Crippen molar-refractivity contribution in [2.75, 3.05) is 17.7 Å². The fraction of sp³-hybridized carbons (Fsp3) is 0.0714. The van der Waals surface area contributed by atoms with Crippen molar-refractivity contribution in [3.8, 4) is 5.75 Å². The van der Waals surface area contributed by atoms with E-state index in [-0.39, 0.29) is 10.8 Å². The Kier molecular flexibility index (Phi) is 4.84. The van der Waals surface area contributed by atoms with Crippen molar-refractivity contribution in [1.82, 2.24) is 0 Å². The maximum Gasteiger partial charge on any atom is 0.295 e. The van der Waals surface area contributed by atoms with Gasteiger partial charge in [-0.3, -0.25) is 10.1 Å². The Bertz CT molecular complexity index is 724. The first-order chi connectivity index (χ1) is 10.5. The van der Waals surface area contributed by atoms with Gasteiger partial charge in [0.05, 0.1) is 23.8 Å². The molecule has 0 saturated heterocycles. The summed E-state index contributed by atoms with van der Waals surface area (Å²) in [5.41, 5.74) is 0.301. The topological polar surface area (TPSA) is 76.4 Å². The van der Waals surface area contributed by atoms with E-state index in [4.69, 9.17) is 17.0 Å². The normalized spacial score (nSPS) is 9.91. The van der Waals surface area contributed by atoms with Crippen LogP contribution in [-0.4, -0.2) is 17.1 Å². The molecule has 0 saturated carbocycles. The molecule has 0 amide bonds. The average Bonchev–Trinajstić information content (AvgIpc) is 2.49. The molecule has 2 aromatic carbocycles. The lowest BCUT2D eigenvalue weighted by atomic mass is 10.2. The molecule has 0 fully saturated rings. The zero-order chi connectivity index (χ0) is 16.1. The predicted octanol–water partition coefficient (Wildman–Crippen LogP) is 3.55. The van der Waals surface area contributed by atoms with Crippen molar-refractivity contribution < 1.29 is 14.1 Å². The van der Waals surface area contributed by atoms with Crippen LogP contribution in [0.25, 0.3) is 0 Å². The van der Waals surface area contributed by atoms with Crippen LogP contribution in [-0.2, 0) is 0 Å². The Balaban J connectivity index is 2.17. The summed E-state index contributed by atoms with van der Waals surface area (Å²) in [6.45, 7) is 0. The monoisotopic (exact) mass is 321 g/mol. The molecule has 0 aliphatic carbocycles. The van der Waals surface area contributed by atoms with Crippen molar-refractivity contribution in [1.29, 1.82) is 0 Å². The van der Waals surface area contributed by atoms with E-state index >= 15 is 0 Å². The summed E-state index contributed by atoms with van der Waals surface area (Å²) in [5, 5.41) is 16.6. The van der Waals surface area contributed by atoms with Gasteiger partial charge in [0.25, 0.3) is 5.69 Å². The van der Waals surface area contributed by atoms with E-state index in [1.54, 1.807) is 24.3 Å². The number of rotatable bonds is 4. The second-order valence-electron chi connectivity index (χ2n) is 4.20. The first-order valence-corrected chi connectivity index (χ1v) is 6.57. The zero-order valence-electron chi connectivity index (χ0n) is 11.5. The third-order valence-electron chi connectivity index (χ3n) is 2.76. The van der Waals surface area contributed by atoms with E-state index in [0.29, 0.717) is 11.4 Å². The molecule has 2 aromatic rings. The van der Waals surface area contributed by atoms with Crippen molar-refractivity contribution in [2.45, 2.75) is 0 Å². The molecule has 0 radical (unpaired) electrons. The van der Waals surface area contributed by atoms with Crippen LogP contribution in [0.5, 0.6) is 5.75 Å². The molecule has 0 spiro atoms. The van der Waals surface area contributed by atoms with Gasteiger partial charge in [-0.15, -0.1) is 0 Å². The van der Waals surface area contributed by atoms with Crippen LogP contribution in [0.2, 0.25) is 0 Å². The Morgan fingerprint density at radius 2 is 1.91 bits per heavy atom. The largest absolute Gasteiger partial charge is 0.495 e. The van der Waals surface area contributed by atoms with Gasteiger partial charge < -0.3 is 15.4 Å². The lowest BCUT2D eigenvalue weighted by Crippen LogP contribution is -2.20. The minimum atomic E-state index is -0.694. The number of nitrogens with zero attached hydrogens (tertiary/aromatic N) is 1. The number of methoxy groups -OCH3 is 1. The van der Waals surface area contributed by atoms with E-state index in [9.17, 15) is 14.5 Å². The van der Waals surface area contributed by atoms with Gasteiger partial charge in [-0.05, 0) is 36.5 Å². The summed E-state index contributed by atoms with van der Waals surface area (Å²) < 4.78 is 18.3. The Morgan fingerprint density at radius 3 is 2.59 bits per heavy atom. The van der Waals surface area contributed by atoms with Gasteiger partial charge in [0.2, 0.25) is 0 Å². The summed E-state index contributed by atoms with van der Waals surface area (Å²) >= 11 is 5.11. The Hall–Kier alpha value is -2.74. The quantitative estimate of drug-likeness (QED) is 0.509. The van der Waals surface area contributed by atoms with E-state index in [1.807, 2.05) is 0 Å². The number of anilines is 2. The van der Waals surface area contributed by atoms with E-state index < -0.39 is 16.4 Å². The minimum absolute atomic E-state index is 0.0961. The highest BCUT2D eigenvalue weighted by molar-refractivity contribution is 7.80. The number of hydrogen-bond acceptors (Lipinski definition) is 4. The summed E-state index contributed by atoms with van der Waals surface area (Å²) in [4.78, 5) is 10.2. The molecule has 0 bridgehead atoms. The highest BCUT2D eigenvalue weighted by Crippen LogP contribution is 2.26. The number of nitro groups is 1. The van der Waals surface area contributed by atoms with Gasteiger partial charge in [-0.2, -0.15) is 0 Å². The van der Waals surface area contributed by atoms with Crippen LogP contribution in [0, 0.1) is 15.9 Å². The number of nitro benzene ring substituents is 1. The molecule has 114 valence electrons. The molecule has 2 rings (SSSR count). The van der Waals surface area contributed by atoms with E-state index in [2.05, 4.69) is 10.6 Å². The van der Waals surface area contributed by atoms with Gasteiger partial charge in [-0.25, -0.2) is 4.39 Å². The van der Waals surface area contributed by atoms with Crippen molar-refractivity contribution in [3.05, 3.63) is 58.4 Å². The van der Waals surface area contributed by atoms with Gasteiger partial charge >= 0.3 is 0 Å². The smallest absolute Gasteiger partial charge is 0.295 e. The van der Waals surface area contributed by atoms with Crippen LogP contribution in [0.1, 0.15) is 0 Å². The van der Waals surface area contributed by atoms with E-state index in [0.717, 1.165) is 12.1 Å². The molecule has 2 N–H and O–H groups in total. The molecular formula is C14H12FN3O3S. The summed E-state index contributed by atoms with van der Waals surface area (Å²) in [6, 6.07) is 10.3. The second kappa shape index (κ2) is 6.81. The molecule has 0 aliphatic rings. The third-order valence-corrected chi connectivity index (χ3v) is 2.96. The second-order valence-corrected chi connectivity index (χ2v) is 4.61. The lowest BCUT2D eigenvalue weighted by molar-refractivity contribution is -0.384. The standard InChI is InChI=1S/C14H12FN3O3S/c1-21-13-5-3-2-4-11(13)17-14(22)16-10-7-6-9(15)8-12(10)18(19)20/h2-8H,1H3,(H2,16,17,22). The van der Waals surface area contributed by atoms with E-state index in [1.165, 1.54) is 13.2 Å². The lowest BCUT2D eigenvalue weighted by Gasteiger charge is -2.13. The minimum Gasteiger partial charge on any atom is -0.495 e. The van der Waals surface area contributed by atoms with Crippen LogP contribution in [0.15, 0.2) is 42.5 Å². The molecule has 22 heavy (non-hydrogen) atoms. The predicted molar refractivity (Wildman–Crippen MR) is 85.9 cm³/mol. The maximum absolute atomic E-state index is 13.1. The number of ether oxygens (including phenoxy) is 1. The Morgan fingerprint density at radius 1 is 1.23 bits per heavy atom. The first-order valence-electron chi connectivity index (χ1n) is 6.16. The summed E-state index contributed by atoms with van der Waals surface area (Å²) in [6.07, 6.45) is 0. The third kappa shape index (κ3) is 3.67. The number of thiocarbonyl (C=S) groups is 1. The van der Waals surface area contributed by atoms with Gasteiger partial charge in [0, 0.05) is 0 Å². The molecule has 8 heteroatoms. The molecule has 0 heterocycles. The number of benzene rings is 2. The number of para-hydroxylation sites is 2.